The van der Waals surface area contributed by atoms with Gasteiger partial charge in [0.15, 0.2) is 0 Å². The molecule has 1 aromatic rings. The molecule has 2 unspecified atom stereocenters. The molecular weight excluding hydrogens is 164 g/mol. The van der Waals surface area contributed by atoms with Gasteiger partial charge in [-0.3, -0.25) is 0 Å². The molecule has 13 heavy (non-hydrogen) atoms. The van der Waals surface area contributed by atoms with Crippen molar-refractivity contribution in [2.24, 2.45) is 5.92 Å². The van der Waals surface area contributed by atoms with Crippen molar-refractivity contribution in [3.8, 4) is 0 Å². The van der Waals surface area contributed by atoms with E-state index in [1.54, 1.807) is 0 Å². The Bertz CT molecular complexity index is 244. The van der Waals surface area contributed by atoms with Crippen molar-refractivity contribution in [3.05, 3.63) is 6.33 Å². The molecule has 0 amide bonds. The Kier molecular flexibility index (Phi) is 2.47. The zero-order chi connectivity index (χ0) is 9.10. The Morgan fingerprint density at radius 2 is 2.31 bits per heavy atom. The van der Waals surface area contributed by atoms with Crippen LogP contribution in [0.1, 0.15) is 32.6 Å². The molecule has 4 heteroatoms. The van der Waals surface area contributed by atoms with E-state index in [-0.39, 0.29) is 0 Å². The Labute approximate surface area is 78.1 Å². The summed E-state index contributed by atoms with van der Waals surface area (Å²) in [7, 11) is 0. The van der Waals surface area contributed by atoms with Crippen LogP contribution >= 0.6 is 0 Å². The molecule has 1 aromatic heterocycles. The van der Waals surface area contributed by atoms with Gasteiger partial charge >= 0.3 is 0 Å². The van der Waals surface area contributed by atoms with Crippen molar-refractivity contribution in [3.63, 3.8) is 0 Å². The summed E-state index contributed by atoms with van der Waals surface area (Å²) in [4.78, 5) is 4.07. The van der Waals surface area contributed by atoms with Crippen molar-refractivity contribution in [1.82, 2.24) is 15.2 Å². The molecule has 2 N–H and O–H groups in total. The highest BCUT2D eigenvalue weighted by molar-refractivity contribution is 5.23. The van der Waals surface area contributed by atoms with E-state index >= 15 is 0 Å². The summed E-state index contributed by atoms with van der Waals surface area (Å²) in [5.41, 5.74) is 0. The standard InChI is InChI=1S/C9H16N4/c1-7-4-2-3-5-8(7)12-9-10-6-11-13-9/h6-8H,2-5H2,1H3,(H2,10,11,12,13). The highest BCUT2D eigenvalue weighted by Crippen LogP contribution is 2.25. The maximum atomic E-state index is 4.07. The normalized spacial score (nSPS) is 28.7. The molecule has 1 aliphatic rings. The monoisotopic (exact) mass is 180 g/mol. The SMILES string of the molecule is CC1CCCCC1Nc1ncn[nH]1. The second kappa shape index (κ2) is 3.77. The van der Waals surface area contributed by atoms with Crippen LogP contribution in [0, 0.1) is 5.92 Å². The number of nitrogens with one attached hydrogen (secondary N) is 2. The fraction of sp³-hybridized carbons (Fsp3) is 0.778. The van der Waals surface area contributed by atoms with E-state index in [0.29, 0.717) is 6.04 Å². The maximum Gasteiger partial charge on any atom is 0.218 e. The number of nitrogens with zero attached hydrogens (tertiary/aromatic N) is 2. The largest absolute Gasteiger partial charge is 0.352 e. The predicted octanol–water partition coefficient (Wildman–Crippen LogP) is 1.80. The van der Waals surface area contributed by atoms with Gasteiger partial charge in [-0.15, -0.1) is 0 Å². The molecule has 0 bridgehead atoms. The Morgan fingerprint density at radius 1 is 1.46 bits per heavy atom. The van der Waals surface area contributed by atoms with Crippen molar-refractivity contribution in [2.75, 3.05) is 5.32 Å². The van der Waals surface area contributed by atoms with Crippen molar-refractivity contribution >= 4 is 5.95 Å². The smallest absolute Gasteiger partial charge is 0.218 e. The number of rotatable bonds is 2. The minimum Gasteiger partial charge on any atom is -0.352 e. The summed E-state index contributed by atoms with van der Waals surface area (Å²) < 4.78 is 0. The first-order chi connectivity index (χ1) is 6.36. The van der Waals surface area contributed by atoms with E-state index in [4.69, 9.17) is 0 Å². The molecule has 2 rings (SSSR count). The average Bonchev–Trinajstić information content (AvgIpc) is 2.61. The van der Waals surface area contributed by atoms with E-state index < -0.39 is 0 Å². The lowest BCUT2D eigenvalue weighted by atomic mass is 9.86. The van der Waals surface area contributed by atoms with Crippen LogP contribution in [0.25, 0.3) is 0 Å². The highest BCUT2D eigenvalue weighted by atomic mass is 15.3. The van der Waals surface area contributed by atoms with Crippen molar-refractivity contribution in [2.45, 2.75) is 38.6 Å². The molecule has 1 fully saturated rings. The molecular formula is C9H16N4. The Hall–Kier alpha value is -1.06. The first kappa shape index (κ1) is 8.53. The summed E-state index contributed by atoms with van der Waals surface area (Å²) in [6.07, 6.45) is 6.81. The van der Waals surface area contributed by atoms with Gasteiger partial charge in [-0.1, -0.05) is 19.8 Å². The number of aromatic amines is 1. The molecule has 0 saturated heterocycles. The zero-order valence-corrected chi connectivity index (χ0v) is 7.95. The van der Waals surface area contributed by atoms with E-state index in [1.165, 1.54) is 32.0 Å². The zero-order valence-electron chi connectivity index (χ0n) is 7.95. The molecule has 0 aromatic carbocycles. The van der Waals surface area contributed by atoms with Gasteiger partial charge in [0, 0.05) is 6.04 Å². The summed E-state index contributed by atoms with van der Waals surface area (Å²) in [6.45, 7) is 2.30. The van der Waals surface area contributed by atoms with Crippen LogP contribution in [0.3, 0.4) is 0 Å². The quantitative estimate of drug-likeness (QED) is 0.729. The van der Waals surface area contributed by atoms with E-state index in [9.17, 15) is 0 Å². The molecule has 0 spiro atoms. The molecule has 72 valence electrons. The predicted molar refractivity (Wildman–Crippen MR) is 51.4 cm³/mol. The van der Waals surface area contributed by atoms with Gasteiger partial charge in [0.1, 0.15) is 6.33 Å². The number of anilines is 1. The topological polar surface area (TPSA) is 53.6 Å². The van der Waals surface area contributed by atoms with Gasteiger partial charge in [0.25, 0.3) is 0 Å². The number of hydrogen-bond acceptors (Lipinski definition) is 3. The maximum absolute atomic E-state index is 4.07. The van der Waals surface area contributed by atoms with Crippen molar-refractivity contribution in [1.29, 1.82) is 0 Å². The number of H-pyrrole nitrogens is 1. The van der Waals surface area contributed by atoms with Crippen LogP contribution in [0.2, 0.25) is 0 Å². The third-order valence-electron chi connectivity index (χ3n) is 2.85. The first-order valence-corrected chi connectivity index (χ1v) is 4.98. The van der Waals surface area contributed by atoms with Gasteiger partial charge in [-0.05, 0) is 18.8 Å². The van der Waals surface area contributed by atoms with Gasteiger partial charge in [-0.2, -0.15) is 5.10 Å². The van der Waals surface area contributed by atoms with Crippen LogP contribution in [-0.2, 0) is 0 Å². The van der Waals surface area contributed by atoms with E-state index in [0.717, 1.165) is 11.9 Å². The number of hydrogen-bond donors (Lipinski definition) is 2. The fourth-order valence-electron chi connectivity index (χ4n) is 1.98. The van der Waals surface area contributed by atoms with Crippen LogP contribution in [0.4, 0.5) is 5.95 Å². The lowest BCUT2D eigenvalue weighted by molar-refractivity contribution is 0.348. The second-order valence-corrected chi connectivity index (χ2v) is 3.85. The Balaban J connectivity index is 1.93. The molecule has 1 aliphatic carbocycles. The van der Waals surface area contributed by atoms with Gasteiger partial charge in [-0.25, -0.2) is 10.1 Å². The average molecular weight is 180 g/mol. The molecule has 1 heterocycles. The van der Waals surface area contributed by atoms with Crippen LogP contribution in [0.15, 0.2) is 6.33 Å². The van der Waals surface area contributed by atoms with E-state index in [1.807, 2.05) is 0 Å². The van der Waals surface area contributed by atoms with E-state index in [2.05, 4.69) is 27.4 Å². The van der Waals surface area contributed by atoms with Crippen LogP contribution < -0.4 is 5.32 Å². The van der Waals surface area contributed by atoms with Crippen LogP contribution in [-0.4, -0.2) is 21.2 Å². The first-order valence-electron chi connectivity index (χ1n) is 4.98. The Morgan fingerprint density at radius 3 is 3.00 bits per heavy atom. The third kappa shape index (κ3) is 1.99. The number of aromatic nitrogens is 3. The summed E-state index contributed by atoms with van der Waals surface area (Å²) >= 11 is 0. The molecule has 2 atom stereocenters. The minimum absolute atomic E-state index is 0.571. The molecule has 4 nitrogen and oxygen atoms in total. The molecule has 0 radical (unpaired) electrons. The lowest BCUT2D eigenvalue weighted by Crippen LogP contribution is -2.30. The third-order valence-corrected chi connectivity index (χ3v) is 2.85. The summed E-state index contributed by atoms with van der Waals surface area (Å²) in [5.74, 6) is 1.55. The van der Waals surface area contributed by atoms with Crippen LogP contribution in [0.5, 0.6) is 0 Å². The fourth-order valence-corrected chi connectivity index (χ4v) is 1.98. The summed E-state index contributed by atoms with van der Waals surface area (Å²) in [6, 6.07) is 0.571. The molecule has 1 saturated carbocycles. The molecule has 0 aliphatic heterocycles. The van der Waals surface area contributed by atoms with Gasteiger partial charge < -0.3 is 5.32 Å². The van der Waals surface area contributed by atoms with Gasteiger partial charge in [0.2, 0.25) is 5.95 Å². The lowest BCUT2D eigenvalue weighted by Gasteiger charge is -2.29. The minimum atomic E-state index is 0.571. The van der Waals surface area contributed by atoms with Crippen molar-refractivity contribution < 1.29 is 0 Å². The second-order valence-electron chi connectivity index (χ2n) is 3.85. The highest BCUT2D eigenvalue weighted by Gasteiger charge is 2.21. The van der Waals surface area contributed by atoms with Gasteiger partial charge in [0.05, 0.1) is 0 Å². The summed E-state index contributed by atoms with van der Waals surface area (Å²) in [5, 5.41) is 10.0.